The number of halogens is 1. The van der Waals surface area contributed by atoms with Crippen LogP contribution in [0.1, 0.15) is 41.4 Å². The minimum absolute atomic E-state index is 0.173. The van der Waals surface area contributed by atoms with Crippen molar-refractivity contribution >= 4 is 43.6 Å². The largest absolute Gasteiger partial charge is 0.459 e. The fourth-order valence-corrected chi connectivity index (χ4v) is 5.51. The minimum atomic E-state index is -2.25. The fraction of sp³-hybridized carbons (Fsp3) is 0.211. The summed E-state index contributed by atoms with van der Waals surface area (Å²) in [4.78, 5) is 54.0. The van der Waals surface area contributed by atoms with Crippen molar-refractivity contribution in [2.24, 2.45) is 0 Å². The van der Waals surface area contributed by atoms with Crippen LogP contribution in [-0.4, -0.2) is 62.7 Å². The molecule has 4 atom stereocenters. The molecule has 0 saturated carbocycles. The summed E-state index contributed by atoms with van der Waals surface area (Å²) in [6.07, 6.45) is -4.65. The molecule has 5 rings (SSSR count). The van der Waals surface area contributed by atoms with Crippen molar-refractivity contribution in [3.05, 3.63) is 143 Å². The second kappa shape index (κ2) is 15.3. The zero-order valence-electron chi connectivity index (χ0n) is 27.0. The minimum Gasteiger partial charge on any atom is -0.459 e. The van der Waals surface area contributed by atoms with Crippen molar-refractivity contribution in [3.63, 3.8) is 0 Å². The first-order valence-corrected chi connectivity index (χ1v) is 19.3. The van der Waals surface area contributed by atoms with Crippen LogP contribution in [0.2, 0.25) is 24.7 Å². The summed E-state index contributed by atoms with van der Waals surface area (Å²) in [6, 6.07) is 30.4. The monoisotopic (exact) mass is 696 g/mol. The summed E-state index contributed by atoms with van der Waals surface area (Å²) in [6.45, 7) is 5.38. The van der Waals surface area contributed by atoms with Crippen LogP contribution in [0.5, 0.6) is 0 Å². The Bertz CT molecular complexity index is 1850. The van der Waals surface area contributed by atoms with Gasteiger partial charge < -0.3 is 23.7 Å². The van der Waals surface area contributed by atoms with Crippen LogP contribution in [0.15, 0.2) is 115 Å². The van der Waals surface area contributed by atoms with E-state index in [2.05, 4.69) is 11.5 Å². The smallest absolute Gasteiger partial charge is 0.340 e. The SMILES string of the molecule is C[Si](C)(C)C#C[C@@]1(OC(=O)c2ccccc2)[C@@H](COC(=O)c2ccc(Cl)cc2)OC(OC(=O)c2ccccc2)[C@@H]1OC(=O)c1ccccc1. The molecule has 1 saturated heterocycles. The highest BCUT2D eigenvalue weighted by atomic mass is 35.5. The third kappa shape index (κ3) is 8.83. The Labute approximate surface area is 290 Å². The molecule has 11 heteroatoms. The van der Waals surface area contributed by atoms with Crippen LogP contribution in [0.3, 0.4) is 0 Å². The van der Waals surface area contributed by atoms with Gasteiger partial charge in [-0.3, -0.25) is 0 Å². The van der Waals surface area contributed by atoms with E-state index in [1.165, 1.54) is 24.3 Å². The number of benzene rings is 4. The molecule has 49 heavy (non-hydrogen) atoms. The molecule has 4 aromatic carbocycles. The van der Waals surface area contributed by atoms with Crippen molar-refractivity contribution < 1.29 is 42.9 Å². The van der Waals surface area contributed by atoms with Gasteiger partial charge in [0, 0.05) is 5.02 Å². The number of rotatable bonds is 9. The number of hydrogen-bond acceptors (Lipinski definition) is 9. The van der Waals surface area contributed by atoms with Gasteiger partial charge in [0.05, 0.1) is 22.3 Å². The highest BCUT2D eigenvalue weighted by Gasteiger charge is 2.64. The molecule has 0 amide bonds. The van der Waals surface area contributed by atoms with Gasteiger partial charge in [-0.25, -0.2) is 19.2 Å². The van der Waals surface area contributed by atoms with E-state index < -0.39 is 62.7 Å². The van der Waals surface area contributed by atoms with Crippen LogP contribution < -0.4 is 0 Å². The third-order valence-electron chi connectivity index (χ3n) is 7.27. The maximum absolute atomic E-state index is 13.8. The first-order valence-electron chi connectivity index (χ1n) is 15.4. The molecule has 1 aliphatic heterocycles. The molecule has 0 N–H and O–H groups in total. The van der Waals surface area contributed by atoms with Gasteiger partial charge in [-0.2, -0.15) is 0 Å². The summed E-state index contributed by atoms with van der Waals surface area (Å²) in [5.41, 5.74) is 1.83. The van der Waals surface area contributed by atoms with E-state index in [1.807, 2.05) is 19.6 Å². The van der Waals surface area contributed by atoms with Gasteiger partial charge in [0.25, 0.3) is 0 Å². The highest BCUT2D eigenvalue weighted by Crippen LogP contribution is 2.39. The van der Waals surface area contributed by atoms with Crippen molar-refractivity contribution in [2.45, 2.75) is 43.7 Å². The molecule has 1 heterocycles. The Morgan fingerprint density at radius 3 is 1.65 bits per heavy atom. The number of esters is 4. The lowest BCUT2D eigenvalue weighted by Crippen LogP contribution is -2.54. The van der Waals surface area contributed by atoms with Crippen LogP contribution in [0.4, 0.5) is 0 Å². The molecule has 0 spiro atoms. The molecular formula is C38H33ClO9Si. The highest BCUT2D eigenvalue weighted by molar-refractivity contribution is 6.83. The van der Waals surface area contributed by atoms with E-state index in [9.17, 15) is 19.2 Å². The van der Waals surface area contributed by atoms with E-state index in [-0.39, 0.29) is 22.3 Å². The van der Waals surface area contributed by atoms with Crippen molar-refractivity contribution in [1.29, 1.82) is 0 Å². The summed E-state index contributed by atoms with van der Waals surface area (Å²) in [5.74, 6) is -0.0949. The first-order chi connectivity index (χ1) is 23.4. The summed E-state index contributed by atoms with van der Waals surface area (Å²) < 4.78 is 30.0. The lowest BCUT2D eigenvalue weighted by molar-refractivity contribution is -0.141. The molecule has 0 bridgehead atoms. The van der Waals surface area contributed by atoms with E-state index in [4.69, 9.17) is 35.3 Å². The lowest BCUT2D eigenvalue weighted by Gasteiger charge is -2.33. The predicted octanol–water partition coefficient (Wildman–Crippen LogP) is 6.78. The second-order valence-electron chi connectivity index (χ2n) is 12.1. The van der Waals surface area contributed by atoms with Crippen LogP contribution in [-0.2, 0) is 23.7 Å². The second-order valence-corrected chi connectivity index (χ2v) is 17.3. The van der Waals surface area contributed by atoms with E-state index in [0.717, 1.165) is 0 Å². The van der Waals surface area contributed by atoms with Crippen molar-refractivity contribution in [1.82, 2.24) is 0 Å². The Hall–Kier alpha value is -5.21. The quantitative estimate of drug-likeness (QED) is 0.0809. The number of ether oxygens (including phenoxy) is 5. The zero-order valence-corrected chi connectivity index (χ0v) is 28.7. The van der Waals surface area contributed by atoms with Crippen molar-refractivity contribution in [3.8, 4) is 11.5 Å². The van der Waals surface area contributed by atoms with Crippen LogP contribution >= 0.6 is 11.6 Å². The van der Waals surface area contributed by atoms with Gasteiger partial charge in [0.1, 0.15) is 14.7 Å². The average Bonchev–Trinajstić information content (AvgIpc) is 3.38. The van der Waals surface area contributed by atoms with Gasteiger partial charge in [0.15, 0.2) is 6.10 Å². The zero-order chi connectivity index (χ0) is 35.0. The molecule has 0 radical (unpaired) electrons. The summed E-state index contributed by atoms with van der Waals surface area (Å²) in [5, 5.41) is 0.426. The molecule has 0 aliphatic carbocycles. The van der Waals surface area contributed by atoms with Gasteiger partial charge in [-0.15, -0.1) is 5.54 Å². The normalized spacial score (nSPS) is 19.9. The first kappa shape index (κ1) is 35.1. The van der Waals surface area contributed by atoms with Gasteiger partial charge in [-0.1, -0.05) is 91.8 Å². The van der Waals surface area contributed by atoms with Gasteiger partial charge in [-0.05, 0) is 60.7 Å². The maximum Gasteiger partial charge on any atom is 0.340 e. The van der Waals surface area contributed by atoms with Gasteiger partial charge in [0.2, 0.25) is 18.0 Å². The third-order valence-corrected chi connectivity index (χ3v) is 8.40. The number of carbonyl (C=O) groups is 4. The van der Waals surface area contributed by atoms with E-state index in [0.29, 0.717) is 5.02 Å². The molecule has 250 valence electrons. The number of hydrogen-bond donors (Lipinski definition) is 0. The van der Waals surface area contributed by atoms with Crippen molar-refractivity contribution in [2.75, 3.05) is 6.61 Å². The van der Waals surface area contributed by atoms with Crippen LogP contribution in [0.25, 0.3) is 0 Å². The lowest BCUT2D eigenvalue weighted by atomic mass is 9.92. The summed E-state index contributed by atoms with van der Waals surface area (Å²) >= 11 is 5.99. The van der Waals surface area contributed by atoms with E-state index in [1.54, 1.807) is 91.0 Å². The molecule has 9 nitrogen and oxygen atoms in total. The van der Waals surface area contributed by atoms with Gasteiger partial charge >= 0.3 is 23.9 Å². The maximum atomic E-state index is 13.8. The molecule has 4 aromatic rings. The fourth-order valence-electron chi connectivity index (χ4n) is 4.81. The molecule has 1 unspecified atom stereocenters. The predicted molar refractivity (Wildman–Crippen MR) is 184 cm³/mol. The Morgan fingerprint density at radius 1 is 0.673 bits per heavy atom. The molecule has 1 aliphatic rings. The average molecular weight is 697 g/mol. The Kier molecular flexibility index (Phi) is 11.0. The number of carbonyl (C=O) groups excluding carboxylic acids is 4. The molecular weight excluding hydrogens is 664 g/mol. The Morgan fingerprint density at radius 2 is 1.14 bits per heavy atom. The summed E-state index contributed by atoms with van der Waals surface area (Å²) in [7, 11) is -2.25. The molecule has 1 fully saturated rings. The molecule has 0 aromatic heterocycles. The Balaban J connectivity index is 1.62. The van der Waals surface area contributed by atoms with Crippen LogP contribution in [0, 0.1) is 11.5 Å². The van der Waals surface area contributed by atoms with E-state index >= 15 is 0 Å². The standard InChI is InChI=1S/C38H33ClO9Si/c1-49(2,3)24-23-38(48-36(43)28-17-11-6-12-18-28)31(25-44-33(40)29-19-21-30(39)22-20-29)45-37(47-35(42)27-15-9-5-10-16-27)32(38)46-34(41)26-13-7-4-8-14-26/h4-22,31-32,37H,25H2,1-3H3/t31-,32+,37?,38-/m1/s1. The topological polar surface area (TPSA) is 114 Å².